The first-order valence-corrected chi connectivity index (χ1v) is 7.03. The minimum Gasteiger partial charge on any atom is -0.393 e. The molecule has 2 atom stereocenters. The van der Waals surface area contributed by atoms with Gasteiger partial charge in [-0.05, 0) is 25.0 Å². The first-order chi connectivity index (χ1) is 9.81. The first-order valence-electron chi connectivity index (χ1n) is 7.03. The maximum absolute atomic E-state index is 11.8. The van der Waals surface area contributed by atoms with Crippen molar-refractivity contribution >= 4 is 17.7 Å². The number of aliphatic imine (C=N–C) groups is 1. The van der Waals surface area contributed by atoms with Crippen LogP contribution < -0.4 is 5.32 Å². The summed E-state index contributed by atoms with van der Waals surface area (Å²) in [5.74, 6) is 0.376. The number of hydrogen-bond acceptors (Lipinski definition) is 4. The third kappa shape index (κ3) is 3.17. The van der Waals surface area contributed by atoms with Gasteiger partial charge in [0.25, 0.3) is 0 Å². The number of carbonyl (C=O) groups is 1. The van der Waals surface area contributed by atoms with Crippen LogP contribution in [0.15, 0.2) is 35.3 Å². The van der Waals surface area contributed by atoms with Crippen LogP contribution in [0.5, 0.6) is 0 Å². The van der Waals surface area contributed by atoms with Crippen LogP contribution >= 0.6 is 0 Å². The summed E-state index contributed by atoms with van der Waals surface area (Å²) >= 11 is 0. The van der Waals surface area contributed by atoms with E-state index < -0.39 is 6.09 Å². The lowest BCUT2D eigenvalue weighted by molar-refractivity contribution is 0.0196. The summed E-state index contributed by atoms with van der Waals surface area (Å²) in [6.45, 7) is 0.281. The molecule has 5 nitrogen and oxygen atoms in total. The molecule has 2 unspecified atom stereocenters. The van der Waals surface area contributed by atoms with Gasteiger partial charge in [0.15, 0.2) is 0 Å². The molecule has 5 heteroatoms. The van der Waals surface area contributed by atoms with Gasteiger partial charge < -0.3 is 9.47 Å². The van der Waals surface area contributed by atoms with E-state index in [-0.39, 0.29) is 18.8 Å². The van der Waals surface area contributed by atoms with E-state index in [1.165, 1.54) is 6.42 Å². The Morgan fingerprint density at radius 2 is 2.05 bits per heavy atom. The Bertz CT molecular complexity index is 501. The number of nitrogens with one attached hydrogen (secondary N) is 1. The van der Waals surface area contributed by atoms with Gasteiger partial charge in [0, 0.05) is 5.69 Å². The highest BCUT2D eigenvalue weighted by atomic mass is 16.6. The molecule has 1 N–H and O–H groups in total. The molecule has 1 aromatic carbocycles. The highest BCUT2D eigenvalue weighted by Gasteiger charge is 2.30. The van der Waals surface area contributed by atoms with Crippen LogP contribution in [0.3, 0.4) is 0 Å². The van der Waals surface area contributed by atoms with Gasteiger partial charge in [-0.1, -0.05) is 31.0 Å². The molecular formula is C15H18N2O3. The molecule has 0 saturated heterocycles. The number of carbonyl (C=O) groups excluding carboxylic acids is 1. The molecule has 1 fully saturated rings. The van der Waals surface area contributed by atoms with Crippen molar-refractivity contribution in [1.82, 2.24) is 0 Å². The van der Waals surface area contributed by atoms with E-state index in [1.807, 2.05) is 18.2 Å². The van der Waals surface area contributed by atoms with E-state index >= 15 is 0 Å². The summed E-state index contributed by atoms with van der Waals surface area (Å²) < 4.78 is 10.9. The Labute approximate surface area is 118 Å². The normalized spacial score (nSPS) is 25.3. The van der Waals surface area contributed by atoms with E-state index in [2.05, 4.69) is 10.3 Å². The van der Waals surface area contributed by atoms with Gasteiger partial charge >= 0.3 is 6.09 Å². The zero-order valence-electron chi connectivity index (χ0n) is 11.2. The number of fused-ring (bicyclic) bond motifs is 1. The van der Waals surface area contributed by atoms with E-state index in [0.29, 0.717) is 11.6 Å². The average molecular weight is 274 g/mol. The number of amides is 1. The molecule has 0 spiro atoms. The molecule has 3 rings (SSSR count). The first kappa shape index (κ1) is 13.1. The average Bonchev–Trinajstić information content (AvgIpc) is 2.48. The topological polar surface area (TPSA) is 59.9 Å². The maximum Gasteiger partial charge on any atom is 0.418 e. The maximum atomic E-state index is 11.8. The van der Waals surface area contributed by atoms with Gasteiger partial charge in [0.05, 0.1) is 12.1 Å². The number of ether oxygens (including phenoxy) is 2. The number of nitrogens with zero attached hydrogens (tertiary/aromatic N) is 1. The molecule has 0 radical (unpaired) electrons. The van der Waals surface area contributed by atoms with Gasteiger partial charge in [-0.25, -0.2) is 9.79 Å². The van der Waals surface area contributed by atoms with Crippen LogP contribution in [-0.4, -0.2) is 30.7 Å². The van der Waals surface area contributed by atoms with Crippen LogP contribution in [0.4, 0.5) is 10.5 Å². The lowest BCUT2D eigenvalue weighted by atomic mass is 9.92. The number of para-hydroxylation sites is 1. The molecule has 1 amide bonds. The fraction of sp³-hybridized carbons (Fsp3) is 0.467. The third-order valence-electron chi connectivity index (χ3n) is 3.63. The van der Waals surface area contributed by atoms with Crippen LogP contribution in [0, 0.1) is 0 Å². The van der Waals surface area contributed by atoms with Crippen molar-refractivity contribution in [3.05, 3.63) is 30.3 Å². The lowest BCUT2D eigenvalue weighted by Gasteiger charge is -2.32. The van der Waals surface area contributed by atoms with Crippen molar-refractivity contribution in [2.45, 2.75) is 37.8 Å². The summed E-state index contributed by atoms with van der Waals surface area (Å²) in [7, 11) is 0. The van der Waals surface area contributed by atoms with Crippen molar-refractivity contribution < 1.29 is 14.3 Å². The molecule has 1 heterocycles. The van der Waals surface area contributed by atoms with E-state index in [4.69, 9.17) is 9.47 Å². The van der Waals surface area contributed by atoms with Crippen molar-refractivity contribution in [3.63, 3.8) is 0 Å². The number of rotatable bonds is 1. The van der Waals surface area contributed by atoms with Crippen molar-refractivity contribution in [1.29, 1.82) is 0 Å². The van der Waals surface area contributed by atoms with Gasteiger partial charge in [-0.3, -0.25) is 5.32 Å². The van der Waals surface area contributed by atoms with Crippen LogP contribution in [0.1, 0.15) is 25.7 Å². The van der Waals surface area contributed by atoms with Crippen molar-refractivity contribution in [2.75, 3.05) is 11.9 Å². The number of anilines is 1. The smallest absolute Gasteiger partial charge is 0.393 e. The second-order valence-corrected chi connectivity index (χ2v) is 5.10. The van der Waals surface area contributed by atoms with Gasteiger partial charge in [-0.15, -0.1) is 0 Å². The molecular weight excluding hydrogens is 256 g/mol. The second kappa shape index (κ2) is 6.05. The zero-order chi connectivity index (χ0) is 13.8. The highest BCUT2D eigenvalue weighted by molar-refractivity contribution is 5.95. The van der Waals surface area contributed by atoms with Crippen LogP contribution in [-0.2, 0) is 9.47 Å². The SMILES string of the molecule is O=C(Nc1ccccc1)OC1=NC2CCCCC2OC1. The van der Waals surface area contributed by atoms with Gasteiger partial charge in [-0.2, -0.15) is 0 Å². The van der Waals surface area contributed by atoms with E-state index in [1.54, 1.807) is 12.1 Å². The Kier molecular flexibility index (Phi) is 3.97. The zero-order valence-corrected chi connectivity index (χ0v) is 11.2. The van der Waals surface area contributed by atoms with Crippen molar-refractivity contribution in [3.8, 4) is 0 Å². The van der Waals surface area contributed by atoms with Gasteiger partial charge in [0.1, 0.15) is 6.61 Å². The summed E-state index contributed by atoms with van der Waals surface area (Å²) in [6, 6.07) is 9.35. The quantitative estimate of drug-likeness (QED) is 0.856. The molecule has 2 aliphatic rings. The Morgan fingerprint density at radius 1 is 1.25 bits per heavy atom. The molecule has 1 aliphatic heterocycles. The molecule has 1 saturated carbocycles. The fourth-order valence-electron chi connectivity index (χ4n) is 2.65. The standard InChI is InChI=1S/C15H18N2O3/c18-15(16-11-6-2-1-3-7-11)20-14-10-19-13-9-5-4-8-12(13)17-14/h1-3,6-7,12-13H,4-5,8-10H2,(H,16,18). The lowest BCUT2D eigenvalue weighted by Crippen LogP contribution is -2.39. The summed E-state index contributed by atoms with van der Waals surface area (Å²) in [5, 5.41) is 2.66. The molecule has 1 aliphatic carbocycles. The number of hydrogen-bond donors (Lipinski definition) is 1. The van der Waals surface area contributed by atoms with Gasteiger partial charge in [0.2, 0.25) is 5.90 Å². The predicted molar refractivity (Wildman–Crippen MR) is 76.0 cm³/mol. The highest BCUT2D eigenvalue weighted by Crippen LogP contribution is 2.26. The van der Waals surface area contributed by atoms with Crippen LogP contribution in [0.2, 0.25) is 0 Å². The summed E-state index contributed by atoms with van der Waals surface area (Å²) in [4.78, 5) is 16.3. The minimum absolute atomic E-state index is 0.150. The molecule has 0 aromatic heterocycles. The summed E-state index contributed by atoms with van der Waals surface area (Å²) in [6.07, 6.45) is 4.11. The fourth-order valence-corrected chi connectivity index (χ4v) is 2.65. The minimum atomic E-state index is -0.521. The monoisotopic (exact) mass is 274 g/mol. The van der Waals surface area contributed by atoms with Crippen LogP contribution in [0.25, 0.3) is 0 Å². The predicted octanol–water partition coefficient (Wildman–Crippen LogP) is 2.98. The van der Waals surface area contributed by atoms with Crippen molar-refractivity contribution in [2.24, 2.45) is 4.99 Å². The van der Waals surface area contributed by atoms with E-state index in [0.717, 1.165) is 19.3 Å². The molecule has 106 valence electrons. The second-order valence-electron chi connectivity index (χ2n) is 5.10. The third-order valence-corrected chi connectivity index (χ3v) is 3.63. The Hall–Kier alpha value is -1.88. The largest absolute Gasteiger partial charge is 0.418 e. The summed E-state index contributed by atoms with van der Waals surface area (Å²) in [5.41, 5.74) is 0.699. The Morgan fingerprint density at radius 3 is 2.90 bits per heavy atom. The number of benzene rings is 1. The Balaban J connectivity index is 1.57. The molecule has 20 heavy (non-hydrogen) atoms. The molecule has 1 aromatic rings. The molecule has 0 bridgehead atoms. The van der Waals surface area contributed by atoms with E-state index in [9.17, 15) is 4.79 Å².